The molecule has 1 N–H and O–H groups in total. The van der Waals surface area contributed by atoms with E-state index in [4.69, 9.17) is 4.74 Å². The van der Waals surface area contributed by atoms with Gasteiger partial charge in [0.1, 0.15) is 5.54 Å². The van der Waals surface area contributed by atoms with Gasteiger partial charge in [-0.1, -0.05) is 0 Å². The largest absolute Gasteiger partial charge is 0.373 e. The average Bonchev–Trinajstić information content (AvgIpc) is 2.37. The Balaban J connectivity index is 2.04. The van der Waals surface area contributed by atoms with Crippen molar-refractivity contribution in [2.24, 2.45) is 0 Å². The molecule has 4 atom stereocenters. The standard InChI is InChI=1S/C16H29N3O/c1-12(2)18-16(11-17)7-5-6-15(8-16)19-9-13(3)20-14(4)10-19/h12-15,18H,5-10H2,1-4H3. The summed E-state index contributed by atoms with van der Waals surface area (Å²) >= 11 is 0. The zero-order valence-corrected chi connectivity index (χ0v) is 13.4. The van der Waals surface area contributed by atoms with Gasteiger partial charge >= 0.3 is 0 Å². The van der Waals surface area contributed by atoms with Crippen LogP contribution in [0.2, 0.25) is 0 Å². The molecule has 1 aliphatic heterocycles. The quantitative estimate of drug-likeness (QED) is 0.861. The van der Waals surface area contributed by atoms with Gasteiger partial charge < -0.3 is 4.74 Å². The lowest BCUT2D eigenvalue weighted by atomic mass is 9.78. The van der Waals surface area contributed by atoms with E-state index in [1.54, 1.807) is 0 Å². The maximum Gasteiger partial charge on any atom is 0.108 e. The van der Waals surface area contributed by atoms with Gasteiger partial charge in [-0.15, -0.1) is 0 Å². The van der Waals surface area contributed by atoms with Crippen molar-refractivity contribution in [3.8, 4) is 6.07 Å². The molecule has 1 saturated heterocycles. The Kier molecular flexibility index (Phi) is 5.06. The Morgan fingerprint density at radius 2 is 1.95 bits per heavy atom. The molecule has 4 nitrogen and oxygen atoms in total. The number of rotatable bonds is 3. The summed E-state index contributed by atoms with van der Waals surface area (Å²) in [5.41, 5.74) is -0.331. The average molecular weight is 279 g/mol. The minimum Gasteiger partial charge on any atom is -0.373 e. The number of hydrogen-bond acceptors (Lipinski definition) is 4. The first-order valence-electron chi connectivity index (χ1n) is 8.02. The molecule has 0 aromatic rings. The van der Waals surface area contributed by atoms with Gasteiger partial charge in [0, 0.05) is 25.2 Å². The molecule has 1 heterocycles. The number of nitrogens with zero attached hydrogens (tertiary/aromatic N) is 2. The highest BCUT2D eigenvalue weighted by Crippen LogP contribution is 2.32. The number of ether oxygens (including phenoxy) is 1. The molecule has 20 heavy (non-hydrogen) atoms. The first-order chi connectivity index (χ1) is 9.44. The molecule has 4 heteroatoms. The van der Waals surface area contributed by atoms with Gasteiger partial charge in [0.2, 0.25) is 0 Å². The molecule has 1 saturated carbocycles. The second-order valence-corrected chi connectivity index (χ2v) is 6.95. The molecular weight excluding hydrogens is 250 g/mol. The minimum atomic E-state index is -0.331. The summed E-state index contributed by atoms with van der Waals surface area (Å²) in [7, 11) is 0. The molecule has 0 bridgehead atoms. The summed E-state index contributed by atoms with van der Waals surface area (Å²) in [4.78, 5) is 2.55. The van der Waals surface area contributed by atoms with E-state index in [1.807, 2.05) is 0 Å². The first-order valence-corrected chi connectivity index (χ1v) is 8.02. The molecular formula is C16H29N3O. The van der Waals surface area contributed by atoms with Crippen molar-refractivity contribution in [2.75, 3.05) is 13.1 Å². The van der Waals surface area contributed by atoms with Gasteiger partial charge in [-0.3, -0.25) is 10.2 Å². The summed E-state index contributed by atoms with van der Waals surface area (Å²) < 4.78 is 5.83. The molecule has 4 unspecified atom stereocenters. The van der Waals surface area contributed by atoms with Crippen LogP contribution in [0.15, 0.2) is 0 Å². The Hall–Kier alpha value is -0.630. The van der Waals surface area contributed by atoms with Crippen LogP contribution in [0.25, 0.3) is 0 Å². The molecule has 0 radical (unpaired) electrons. The molecule has 2 fully saturated rings. The van der Waals surface area contributed by atoms with Crippen molar-refractivity contribution in [1.29, 1.82) is 5.26 Å². The van der Waals surface area contributed by atoms with Crippen LogP contribution in [0.3, 0.4) is 0 Å². The molecule has 2 aliphatic rings. The maximum absolute atomic E-state index is 9.65. The molecule has 2 rings (SSSR count). The zero-order valence-electron chi connectivity index (χ0n) is 13.4. The highest BCUT2D eigenvalue weighted by atomic mass is 16.5. The number of hydrogen-bond donors (Lipinski definition) is 1. The van der Waals surface area contributed by atoms with Crippen LogP contribution in [0.5, 0.6) is 0 Å². The molecule has 1 aliphatic carbocycles. The Morgan fingerprint density at radius 1 is 1.30 bits per heavy atom. The van der Waals surface area contributed by atoms with Crippen molar-refractivity contribution < 1.29 is 4.74 Å². The van der Waals surface area contributed by atoms with E-state index in [0.29, 0.717) is 24.3 Å². The van der Waals surface area contributed by atoms with E-state index in [2.05, 4.69) is 44.0 Å². The van der Waals surface area contributed by atoms with E-state index in [0.717, 1.165) is 32.4 Å². The highest BCUT2D eigenvalue weighted by molar-refractivity contribution is 5.12. The zero-order chi connectivity index (χ0) is 14.8. The van der Waals surface area contributed by atoms with Crippen LogP contribution in [0.1, 0.15) is 53.4 Å². The second kappa shape index (κ2) is 6.43. The van der Waals surface area contributed by atoms with Gasteiger partial charge in [0.05, 0.1) is 18.3 Å². The highest BCUT2D eigenvalue weighted by Gasteiger charge is 2.40. The molecule has 0 amide bonds. The third-order valence-corrected chi connectivity index (χ3v) is 4.47. The predicted molar refractivity (Wildman–Crippen MR) is 80.5 cm³/mol. The van der Waals surface area contributed by atoms with E-state index in [1.165, 1.54) is 6.42 Å². The summed E-state index contributed by atoms with van der Waals surface area (Å²) in [5.74, 6) is 0. The Labute approximate surface area is 123 Å². The van der Waals surface area contributed by atoms with Crippen molar-refractivity contribution in [3.05, 3.63) is 0 Å². The maximum atomic E-state index is 9.65. The molecule has 0 spiro atoms. The fraction of sp³-hybridized carbons (Fsp3) is 0.938. The van der Waals surface area contributed by atoms with Gasteiger partial charge in [-0.05, 0) is 53.4 Å². The van der Waals surface area contributed by atoms with Crippen LogP contribution in [0.4, 0.5) is 0 Å². The van der Waals surface area contributed by atoms with Crippen molar-refractivity contribution >= 4 is 0 Å². The van der Waals surface area contributed by atoms with Gasteiger partial charge in [-0.2, -0.15) is 5.26 Å². The van der Waals surface area contributed by atoms with E-state index in [9.17, 15) is 5.26 Å². The predicted octanol–water partition coefficient (Wildman–Crippen LogP) is 2.30. The van der Waals surface area contributed by atoms with Crippen LogP contribution >= 0.6 is 0 Å². The van der Waals surface area contributed by atoms with Gasteiger partial charge in [0.25, 0.3) is 0 Å². The molecule has 0 aromatic carbocycles. The Bertz CT molecular complexity index is 355. The van der Waals surface area contributed by atoms with Crippen LogP contribution in [0, 0.1) is 11.3 Å². The smallest absolute Gasteiger partial charge is 0.108 e. The van der Waals surface area contributed by atoms with Gasteiger partial charge in [0.15, 0.2) is 0 Å². The lowest BCUT2D eigenvalue weighted by Gasteiger charge is -2.46. The summed E-state index contributed by atoms with van der Waals surface area (Å²) in [6.07, 6.45) is 4.88. The third-order valence-electron chi connectivity index (χ3n) is 4.47. The normalized spacial score (nSPS) is 39.7. The van der Waals surface area contributed by atoms with Crippen LogP contribution < -0.4 is 5.32 Å². The van der Waals surface area contributed by atoms with Crippen molar-refractivity contribution in [2.45, 2.75) is 83.2 Å². The lowest BCUT2D eigenvalue weighted by Crippen LogP contribution is -2.57. The summed E-state index contributed by atoms with van der Waals surface area (Å²) in [6.45, 7) is 10.5. The molecule has 0 aromatic heterocycles. The van der Waals surface area contributed by atoms with Crippen molar-refractivity contribution in [1.82, 2.24) is 10.2 Å². The second-order valence-electron chi connectivity index (χ2n) is 6.95. The van der Waals surface area contributed by atoms with Crippen LogP contribution in [-0.4, -0.2) is 47.8 Å². The molecule has 114 valence electrons. The SMILES string of the molecule is CC(C)NC1(C#N)CCCC(N2CC(C)OC(C)C2)C1. The first kappa shape index (κ1) is 15.8. The summed E-state index contributed by atoms with van der Waals surface area (Å²) in [6, 6.07) is 3.45. The van der Waals surface area contributed by atoms with Crippen molar-refractivity contribution in [3.63, 3.8) is 0 Å². The topological polar surface area (TPSA) is 48.3 Å². The summed E-state index contributed by atoms with van der Waals surface area (Å²) in [5, 5.41) is 13.2. The Morgan fingerprint density at radius 3 is 2.50 bits per heavy atom. The minimum absolute atomic E-state index is 0.301. The van der Waals surface area contributed by atoms with Crippen LogP contribution in [-0.2, 0) is 4.74 Å². The number of nitriles is 1. The number of nitrogens with one attached hydrogen (secondary N) is 1. The monoisotopic (exact) mass is 279 g/mol. The van der Waals surface area contributed by atoms with E-state index < -0.39 is 0 Å². The fourth-order valence-electron chi connectivity index (χ4n) is 3.89. The lowest BCUT2D eigenvalue weighted by molar-refractivity contribution is -0.0868. The fourth-order valence-corrected chi connectivity index (χ4v) is 3.89. The number of morpholine rings is 1. The van der Waals surface area contributed by atoms with E-state index in [-0.39, 0.29) is 5.54 Å². The third kappa shape index (κ3) is 3.72. The van der Waals surface area contributed by atoms with E-state index >= 15 is 0 Å². The van der Waals surface area contributed by atoms with Gasteiger partial charge in [-0.25, -0.2) is 0 Å².